The van der Waals surface area contributed by atoms with E-state index < -0.39 is 5.97 Å². The molecule has 5 atom stereocenters. The second-order valence-electron chi connectivity index (χ2n) is 7.80. The van der Waals surface area contributed by atoms with Gasteiger partial charge in [-0.05, 0) is 78.3 Å². The van der Waals surface area contributed by atoms with Crippen molar-refractivity contribution < 1.29 is 9.90 Å². The number of carboxylic acid groups (broad SMARTS) is 1. The van der Waals surface area contributed by atoms with E-state index >= 15 is 0 Å². The van der Waals surface area contributed by atoms with Gasteiger partial charge in [-0.2, -0.15) is 0 Å². The molecule has 0 saturated heterocycles. The monoisotopic (exact) mass is 387 g/mol. The summed E-state index contributed by atoms with van der Waals surface area (Å²) in [7, 11) is 0. The Balaban J connectivity index is 1.63. The van der Waals surface area contributed by atoms with Crippen molar-refractivity contribution in [3.63, 3.8) is 0 Å². The van der Waals surface area contributed by atoms with Crippen LogP contribution >= 0.6 is 23.2 Å². The molecule has 2 aromatic carbocycles. The van der Waals surface area contributed by atoms with Gasteiger partial charge in [-0.15, -0.1) is 0 Å². The third-order valence-electron chi connectivity index (χ3n) is 6.66. The van der Waals surface area contributed by atoms with E-state index in [1.807, 2.05) is 24.3 Å². The number of carboxylic acids is 1. The largest absolute Gasteiger partial charge is 0.478 e. The average molecular weight is 388 g/mol. The van der Waals surface area contributed by atoms with Gasteiger partial charge in [0.05, 0.1) is 22.3 Å². The fourth-order valence-electron chi connectivity index (χ4n) is 5.67. The summed E-state index contributed by atoms with van der Waals surface area (Å²) >= 11 is 13.1. The van der Waals surface area contributed by atoms with Gasteiger partial charge >= 0.3 is 5.97 Å². The predicted octanol–water partition coefficient (Wildman–Crippen LogP) is 5.99. The van der Waals surface area contributed by atoms with Crippen molar-refractivity contribution in [2.75, 3.05) is 5.32 Å². The first-order valence-corrected chi connectivity index (χ1v) is 9.88. The minimum Gasteiger partial charge on any atom is -0.478 e. The average Bonchev–Trinajstić information content (AvgIpc) is 3.26. The number of halogens is 2. The predicted molar refractivity (Wildman–Crippen MR) is 103 cm³/mol. The van der Waals surface area contributed by atoms with Gasteiger partial charge in [0.15, 0.2) is 0 Å². The SMILES string of the molecule is O=C(O)c1ccc([C@@H]2Nc3c(Cl)ccc(Cl)c3[C@@H]3[C@H]4CC[C@@H](C4)[C@@H]32)cc1. The van der Waals surface area contributed by atoms with E-state index in [1.165, 1.54) is 24.8 Å². The van der Waals surface area contributed by atoms with Crippen LogP contribution in [0.2, 0.25) is 10.0 Å². The number of rotatable bonds is 2. The summed E-state index contributed by atoms with van der Waals surface area (Å²) in [5.74, 6) is 1.37. The minimum atomic E-state index is -0.897. The molecule has 1 heterocycles. The molecule has 5 heteroatoms. The van der Waals surface area contributed by atoms with Crippen LogP contribution in [0.15, 0.2) is 36.4 Å². The molecule has 2 fully saturated rings. The Hall–Kier alpha value is -1.71. The summed E-state index contributed by atoms with van der Waals surface area (Å²) in [6, 6.07) is 11.2. The van der Waals surface area contributed by atoms with Crippen molar-refractivity contribution in [2.45, 2.75) is 31.2 Å². The second-order valence-corrected chi connectivity index (χ2v) is 8.62. The lowest BCUT2D eigenvalue weighted by Crippen LogP contribution is -2.35. The van der Waals surface area contributed by atoms with Crippen LogP contribution in [-0.4, -0.2) is 11.1 Å². The van der Waals surface area contributed by atoms with Crippen molar-refractivity contribution in [3.8, 4) is 0 Å². The highest BCUT2D eigenvalue weighted by atomic mass is 35.5. The first-order chi connectivity index (χ1) is 12.5. The van der Waals surface area contributed by atoms with Crippen LogP contribution < -0.4 is 5.32 Å². The van der Waals surface area contributed by atoms with Crippen LogP contribution in [0.1, 0.15) is 52.7 Å². The Morgan fingerprint density at radius 1 is 1.00 bits per heavy atom. The number of hydrogen-bond donors (Lipinski definition) is 2. The molecule has 2 aliphatic carbocycles. The summed E-state index contributed by atoms with van der Waals surface area (Å²) in [6.45, 7) is 0. The molecule has 5 rings (SSSR count). The molecule has 1 aliphatic heterocycles. The fraction of sp³-hybridized carbons (Fsp3) is 0.381. The number of hydrogen-bond acceptors (Lipinski definition) is 2. The Kier molecular flexibility index (Phi) is 3.74. The van der Waals surface area contributed by atoms with Crippen molar-refractivity contribution in [3.05, 3.63) is 63.1 Å². The number of nitrogens with one attached hydrogen (secondary N) is 1. The summed E-state index contributed by atoms with van der Waals surface area (Å²) in [5.41, 5.74) is 3.59. The van der Waals surface area contributed by atoms with Crippen LogP contribution in [-0.2, 0) is 0 Å². The second kappa shape index (κ2) is 5.90. The molecule has 2 bridgehead atoms. The molecule has 0 spiro atoms. The molecular weight excluding hydrogens is 369 g/mol. The van der Waals surface area contributed by atoms with Crippen LogP contribution in [0.4, 0.5) is 5.69 Å². The van der Waals surface area contributed by atoms with Crippen molar-refractivity contribution in [2.24, 2.45) is 17.8 Å². The number of benzene rings is 2. The quantitative estimate of drug-likeness (QED) is 0.665. The lowest BCUT2D eigenvalue weighted by molar-refractivity contribution is 0.0697. The van der Waals surface area contributed by atoms with E-state index in [9.17, 15) is 9.90 Å². The third kappa shape index (κ3) is 2.30. The molecule has 0 amide bonds. The summed E-state index contributed by atoms with van der Waals surface area (Å²) in [6.07, 6.45) is 3.78. The number of anilines is 1. The zero-order valence-electron chi connectivity index (χ0n) is 14.1. The number of aromatic carboxylic acids is 1. The van der Waals surface area contributed by atoms with Crippen LogP contribution in [0.3, 0.4) is 0 Å². The first kappa shape index (κ1) is 16.5. The smallest absolute Gasteiger partial charge is 0.335 e. The van der Waals surface area contributed by atoms with Gasteiger partial charge in [0.25, 0.3) is 0 Å². The normalized spacial score (nSPS) is 31.2. The molecule has 3 nitrogen and oxygen atoms in total. The molecule has 0 radical (unpaired) electrons. The van der Waals surface area contributed by atoms with Gasteiger partial charge < -0.3 is 10.4 Å². The lowest BCUT2D eigenvalue weighted by Gasteiger charge is -2.44. The fourth-order valence-corrected chi connectivity index (χ4v) is 6.18. The van der Waals surface area contributed by atoms with Crippen LogP contribution in [0, 0.1) is 17.8 Å². The summed E-state index contributed by atoms with van der Waals surface area (Å²) < 4.78 is 0. The molecular formula is C21H19Cl2NO2. The molecule has 2 saturated carbocycles. The molecule has 26 heavy (non-hydrogen) atoms. The Labute approximate surface area is 162 Å². The van der Waals surface area contributed by atoms with Crippen molar-refractivity contribution in [1.29, 1.82) is 0 Å². The first-order valence-electron chi connectivity index (χ1n) is 9.12. The Bertz CT molecular complexity index is 896. The van der Waals surface area contributed by atoms with Gasteiger partial charge in [0.1, 0.15) is 0 Å². The molecule has 2 aromatic rings. The van der Waals surface area contributed by atoms with Gasteiger partial charge in [-0.1, -0.05) is 35.3 Å². The van der Waals surface area contributed by atoms with E-state index in [-0.39, 0.29) is 6.04 Å². The highest BCUT2D eigenvalue weighted by Gasteiger charge is 2.54. The van der Waals surface area contributed by atoms with E-state index in [2.05, 4.69) is 5.32 Å². The topological polar surface area (TPSA) is 49.3 Å². The maximum atomic E-state index is 11.2. The highest BCUT2D eigenvalue weighted by molar-refractivity contribution is 6.36. The van der Waals surface area contributed by atoms with Gasteiger partial charge in [0.2, 0.25) is 0 Å². The zero-order valence-corrected chi connectivity index (χ0v) is 15.6. The maximum absolute atomic E-state index is 11.2. The number of carbonyl (C=O) groups is 1. The van der Waals surface area contributed by atoms with E-state index in [0.717, 1.165) is 16.3 Å². The van der Waals surface area contributed by atoms with E-state index in [0.29, 0.717) is 34.3 Å². The number of fused-ring (bicyclic) bond motifs is 7. The molecule has 2 N–H and O–H groups in total. The van der Waals surface area contributed by atoms with Crippen molar-refractivity contribution in [1.82, 2.24) is 0 Å². The molecule has 134 valence electrons. The lowest BCUT2D eigenvalue weighted by atomic mass is 9.68. The van der Waals surface area contributed by atoms with Gasteiger partial charge in [-0.25, -0.2) is 4.79 Å². The standard InChI is InChI=1S/C21H19Cl2NO2/c22-14-7-8-15(23)20-18(14)16-12-5-6-13(9-12)17(16)19(24-20)10-1-3-11(4-2-10)21(25)26/h1-4,7-8,12-13,16-17,19,24H,5-6,9H2,(H,25,26)/t12-,13-,16+,17-,19-/m0/s1. The molecule has 0 aromatic heterocycles. The van der Waals surface area contributed by atoms with E-state index in [1.54, 1.807) is 12.1 Å². The molecule has 0 unspecified atom stereocenters. The van der Waals surface area contributed by atoms with Crippen LogP contribution in [0.5, 0.6) is 0 Å². The minimum absolute atomic E-state index is 0.140. The summed E-state index contributed by atoms with van der Waals surface area (Å²) in [4.78, 5) is 11.2. The Morgan fingerprint density at radius 2 is 1.69 bits per heavy atom. The maximum Gasteiger partial charge on any atom is 0.335 e. The van der Waals surface area contributed by atoms with Gasteiger partial charge in [-0.3, -0.25) is 0 Å². The zero-order chi connectivity index (χ0) is 18.0. The Morgan fingerprint density at radius 3 is 2.42 bits per heavy atom. The van der Waals surface area contributed by atoms with Crippen molar-refractivity contribution >= 4 is 34.9 Å². The van der Waals surface area contributed by atoms with Crippen LogP contribution in [0.25, 0.3) is 0 Å². The third-order valence-corrected chi connectivity index (χ3v) is 7.30. The highest BCUT2D eigenvalue weighted by Crippen LogP contribution is 2.65. The van der Waals surface area contributed by atoms with Gasteiger partial charge in [0, 0.05) is 5.02 Å². The van der Waals surface area contributed by atoms with E-state index in [4.69, 9.17) is 23.2 Å². The molecule has 3 aliphatic rings. The summed E-state index contributed by atoms with van der Waals surface area (Å²) in [5, 5.41) is 14.3.